The molecule has 14 heavy (non-hydrogen) atoms. The Kier molecular flexibility index (Phi) is 6.81. The van der Waals surface area contributed by atoms with Crippen LogP contribution in [0.3, 0.4) is 0 Å². The van der Waals surface area contributed by atoms with Crippen molar-refractivity contribution in [2.75, 3.05) is 0 Å². The van der Waals surface area contributed by atoms with Crippen molar-refractivity contribution in [3.8, 4) is 0 Å². The van der Waals surface area contributed by atoms with E-state index in [-0.39, 0.29) is 6.42 Å². The summed E-state index contributed by atoms with van der Waals surface area (Å²) < 4.78 is 0. The third-order valence-corrected chi connectivity index (χ3v) is 2.22. The van der Waals surface area contributed by atoms with Gasteiger partial charge in [-0.15, -0.1) is 0 Å². The third-order valence-electron chi connectivity index (χ3n) is 2.22. The van der Waals surface area contributed by atoms with Gasteiger partial charge in [-0.3, -0.25) is 4.79 Å². The molecule has 0 aromatic carbocycles. The summed E-state index contributed by atoms with van der Waals surface area (Å²) in [4.78, 5) is 10.3. The van der Waals surface area contributed by atoms with Gasteiger partial charge in [0.05, 0.1) is 0 Å². The highest BCUT2D eigenvalue weighted by Crippen LogP contribution is 2.07. The molecule has 2 nitrogen and oxygen atoms in total. The molecule has 0 bridgehead atoms. The highest BCUT2D eigenvalue weighted by Gasteiger charge is 1.96. The zero-order valence-corrected chi connectivity index (χ0v) is 9.34. The Labute approximate surface area is 86.3 Å². The van der Waals surface area contributed by atoms with Crippen molar-refractivity contribution in [2.45, 2.75) is 46.5 Å². The molecule has 0 aliphatic heterocycles. The molecule has 0 heterocycles. The summed E-state index contributed by atoms with van der Waals surface area (Å²) in [5.41, 5.74) is 2.54. The SMILES string of the molecule is CCC(C)=CC/C=C(/C)CCC(=O)O. The van der Waals surface area contributed by atoms with Crippen molar-refractivity contribution in [2.24, 2.45) is 0 Å². The van der Waals surface area contributed by atoms with Crippen LogP contribution in [0.25, 0.3) is 0 Å². The molecule has 0 amide bonds. The summed E-state index contributed by atoms with van der Waals surface area (Å²) in [6.45, 7) is 6.23. The van der Waals surface area contributed by atoms with Gasteiger partial charge in [0, 0.05) is 6.42 Å². The maximum absolute atomic E-state index is 10.3. The van der Waals surface area contributed by atoms with Gasteiger partial charge in [0.25, 0.3) is 0 Å². The average Bonchev–Trinajstić information content (AvgIpc) is 2.14. The number of hydrogen-bond acceptors (Lipinski definition) is 1. The van der Waals surface area contributed by atoms with Gasteiger partial charge in [0.15, 0.2) is 0 Å². The first-order valence-corrected chi connectivity index (χ1v) is 5.09. The van der Waals surface area contributed by atoms with E-state index in [4.69, 9.17) is 5.11 Å². The summed E-state index contributed by atoms with van der Waals surface area (Å²) in [5, 5.41) is 8.47. The van der Waals surface area contributed by atoms with Gasteiger partial charge in [-0.25, -0.2) is 0 Å². The Morgan fingerprint density at radius 2 is 1.71 bits per heavy atom. The highest BCUT2D eigenvalue weighted by atomic mass is 16.4. The molecule has 80 valence electrons. The lowest BCUT2D eigenvalue weighted by atomic mass is 10.1. The first-order valence-electron chi connectivity index (χ1n) is 5.09. The first kappa shape index (κ1) is 12.9. The summed E-state index contributed by atoms with van der Waals surface area (Å²) >= 11 is 0. The van der Waals surface area contributed by atoms with Gasteiger partial charge in [-0.1, -0.05) is 30.2 Å². The van der Waals surface area contributed by atoms with Crippen LogP contribution in [0.5, 0.6) is 0 Å². The van der Waals surface area contributed by atoms with Crippen LogP contribution >= 0.6 is 0 Å². The zero-order chi connectivity index (χ0) is 11.0. The van der Waals surface area contributed by atoms with E-state index in [0.29, 0.717) is 6.42 Å². The van der Waals surface area contributed by atoms with Crippen LogP contribution in [0.15, 0.2) is 23.3 Å². The predicted octanol–water partition coefficient (Wildman–Crippen LogP) is 3.54. The number of carbonyl (C=O) groups is 1. The predicted molar refractivity (Wildman–Crippen MR) is 59.3 cm³/mol. The van der Waals surface area contributed by atoms with Gasteiger partial charge in [-0.2, -0.15) is 0 Å². The average molecular weight is 196 g/mol. The molecule has 0 spiro atoms. The van der Waals surface area contributed by atoms with Gasteiger partial charge in [0.1, 0.15) is 0 Å². The molecule has 0 saturated carbocycles. The Morgan fingerprint density at radius 3 is 2.21 bits per heavy atom. The van der Waals surface area contributed by atoms with Crippen LogP contribution in [0, 0.1) is 0 Å². The minimum absolute atomic E-state index is 0.235. The van der Waals surface area contributed by atoms with E-state index in [1.807, 2.05) is 6.92 Å². The second-order valence-corrected chi connectivity index (χ2v) is 3.58. The molecule has 2 heteroatoms. The normalized spacial score (nSPS) is 13.1. The summed E-state index contributed by atoms with van der Waals surface area (Å²) in [6.07, 6.45) is 7.19. The van der Waals surface area contributed by atoms with Crippen molar-refractivity contribution in [3.63, 3.8) is 0 Å². The van der Waals surface area contributed by atoms with Crippen molar-refractivity contribution < 1.29 is 9.90 Å². The number of hydrogen-bond donors (Lipinski definition) is 1. The molecule has 0 atom stereocenters. The van der Waals surface area contributed by atoms with Crippen LogP contribution in [-0.4, -0.2) is 11.1 Å². The fraction of sp³-hybridized carbons (Fsp3) is 0.583. The lowest BCUT2D eigenvalue weighted by Gasteiger charge is -1.97. The summed E-state index contributed by atoms with van der Waals surface area (Å²) in [6, 6.07) is 0. The molecule has 0 saturated heterocycles. The topological polar surface area (TPSA) is 37.3 Å². The summed E-state index contributed by atoms with van der Waals surface area (Å²) in [5.74, 6) is -0.724. The first-order chi connectivity index (χ1) is 6.56. The lowest BCUT2D eigenvalue weighted by Crippen LogP contribution is -1.93. The molecule has 0 unspecified atom stereocenters. The molecule has 0 aliphatic rings. The molecule has 0 aromatic rings. The van der Waals surface area contributed by atoms with Crippen LogP contribution in [0.4, 0.5) is 0 Å². The van der Waals surface area contributed by atoms with Crippen molar-refractivity contribution in [1.29, 1.82) is 0 Å². The maximum Gasteiger partial charge on any atom is 0.303 e. The minimum Gasteiger partial charge on any atom is -0.481 e. The Bertz CT molecular complexity index is 237. The Hall–Kier alpha value is -1.05. The molecule has 0 aliphatic carbocycles. The largest absolute Gasteiger partial charge is 0.481 e. The van der Waals surface area contributed by atoms with Crippen LogP contribution < -0.4 is 0 Å². The minimum atomic E-state index is -0.724. The second-order valence-electron chi connectivity index (χ2n) is 3.58. The van der Waals surface area contributed by atoms with Gasteiger partial charge >= 0.3 is 5.97 Å². The molecular formula is C12H20O2. The fourth-order valence-corrected chi connectivity index (χ4v) is 1.01. The molecule has 1 N–H and O–H groups in total. The van der Waals surface area contributed by atoms with E-state index in [0.717, 1.165) is 18.4 Å². The Balaban J connectivity index is 3.82. The molecule has 0 fully saturated rings. The van der Waals surface area contributed by atoms with E-state index in [1.165, 1.54) is 5.57 Å². The standard InChI is InChI=1S/C12H20O2/c1-4-10(2)6-5-7-11(3)8-9-12(13)14/h6-7H,4-5,8-9H2,1-3H3,(H,13,14)/b10-6?,11-7-. The molecular weight excluding hydrogens is 176 g/mol. The summed E-state index contributed by atoms with van der Waals surface area (Å²) in [7, 11) is 0. The van der Waals surface area contributed by atoms with Gasteiger partial charge < -0.3 is 5.11 Å². The number of allylic oxidation sites excluding steroid dienone is 4. The second kappa shape index (κ2) is 7.36. The van der Waals surface area contributed by atoms with Crippen LogP contribution in [-0.2, 0) is 4.79 Å². The van der Waals surface area contributed by atoms with Crippen molar-refractivity contribution in [1.82, 2.24) is 0 Å². The number of carboxylic acid groups (broad SMARTS) is 1. The van der Waals surface area contributed by atoms with Gasteiger partial charge in [0.2, 0.25) is 0 Å². The smallest absolute Gasteiger partial charge is 0.303 e. The van der Waals surface area contributed by atoms with E-state index in [1.54, 1.807) is 0 Å². The lowest BCUT2D eigenvalue weighted by molar-refractivity contribution is -0.136. The third kappa shape index (κ3) is 7.59. The quantitative estimate of drug-likeness (QED) is 0.660. The molecule has 0 radical (unpaired) electrons. The van der Waals surface area contributed by atoms with Crippen LogP contribution in [0.1, 0.15) is 46.5 Å². The highest BCUT2D eigenvalue weighted by molar-refractivity contribution is 5.66. The molecule has 0 aromatic heterocycles. The zero-order valence-electron chi connectivity index (χ0n) is 9.34. The Morgan fingerprint density at radius 1 is 1.14 bits per heavy atom. The number of carboxylic acids is 1. The monoisotopic (exact) mass is 196 g/mol. The van der Waals surface area contributed by atoms with E-state index in [9.17, 15) is 4.79 Å². The van der Waals surface area contributed by atoms with E-state index in [2.05, 4.69) is 26.0 Å². The van der Waals surface area contributed by atoms with E-state index >= 15 is 0 Å². The molecule has 0 rings (SSSR count). The van der Waals surface area contributed by atoms with Crippen molar-refractivity contribution >= 4 is 5.97 Å². The van der Waals surface area contributed by atoms with Crippen LogP contribution in [0.2, 0.25) is 0 Å². The fourth-order valence-electron chi connectivity index (χ4n) is 1.01. The van der Waals surface area contributed by atoms with Gasteiger partial charge in [-0.05, 0) is 33.1 Å². The number of aliphatic carboxylic acids is 1. The van der Waals surface area contributed by atoms with Crippen molar-refractivity contribution in [3.05, 3.63) is 23.3 Å². The number of rotatable bonds is 6. The van der Waals surface area contributed by atoms with E-state index < -0.39 is 5.97 Å². The maximum atomic E-state index is 10.3.